The minimum absolute atomic E-state index is 0. The number of amides is 1. The molecular formula is C12H27ClN2O. The molecule has 0 radical (unpaired) electrons. The molecule has 98 valence electrons. The van der Waals surface area contributed by atoms with Crippen LogP contribution < -0.4 is 11.1 Å². The van der Waals surface area contributed by atoms with E-state index in [1.54, 1.807) is 0 Å². The quantitative estimate of drug-likeness (QED) is 0.729. The van der Waals surface area contributed by atoms with Gasteiger partial charge in [0.2, 0.25) is 5.91 Å². The van der Waals surface area contributed by atoms with Gasteiger partial charge in [0.15, 0.2) is 0 Å². The molecule has 3 unspecified atom stereocenters. The number of halogens is 1. The average Bonchev–Trinajstić information content (AvgIpc) is 2.14. The monoisotopic (exact) mass is 250 g/mol. The maximum absolute atomic E-state index is 11.5. The zero-order valence-electron chi connectivity index (χ0n) is 11.0. The molecule has 0 saturated carbocycles. The molecule has 1 amide bonds. The van der Waals surface area contributed by atoms with Crippen molar-refractivity contribution in [2.24, 2.45) is 11.7 Å². The lowest BCUT2D eigenvalue weighted by atomic mass is 10.0. The number of hydrogen-bond acceptors (Lipinski definition) is 2. The Labute approximate surface area is 106 Å². The van der Waals surface area contributed by atoms with Gasteiger partial charge in [0.25, 0.3) is 0 Å². The number of nitrogens with one attached hydrogen (secondary N) is 1. The Morgan fingerprint density at radius 3 is 2.31 bits per heavy atom. The highest BCUT2D eigenvalue weighted by molar-refractivity contribution is 5.85. The van der Waals surface area contributed by atoms with Crippen molar-refractivity contribution >= 4 is 18.3 Å². The van der Waals surface area contributed by atoms with E-state index in [1.807, 2.05) is 6.92 Å². The van der Waals surface area contributed by atoms with Gasteiger partial charge in [-0.1, -0.05) is 20.3 Å². The van der Waals surface area contributed by atoms with E-state index in [4.69, 9.17) is 5.73 Å². The smallest absolute Gasteiger partial charge is 0.220 e. The summed E-state index contributed by atoms with van der Waals surface area (Å²) in [6.45, 7) is 8.38. The van der Waals surface area contributed by atoms with Crippen molar-refractivity contribution in [3.63, 3.8) is 0 Å². The number of carbonyl (C=O) groups excluding carboxylic acids is 1. The molecule has 3 N–H and O–H groups in total. The minimum atomic E-state index is 0. The van der Waals surface area contributed by atoms with Crippen molar-refractivity contribution in [1.29, 1.82) is 0 Å². The van der Waals surface area contributed by atoms with E-state index in [0.29, 0.717) is 12.3 Å². The predicted molar refractivity (Wildman–Crippen MR) is 71.8 cm³/mol. The first-order valence-corrected chi connectivity index (χ1v) is 6.00. The van der Waals surface area contributed by atoms with Crippen molar-refractivity contribution in [3.05, 3.63) is 0 Å². The molecule has 3 atom stereocenters. The summed E-state index contributed by atoms with van der Waals surface area (Å²) in [4.78, 5) is 11.5. The van der Waals surface area contributed by atoms with Gasteiger partial charge in [-0.3, -0.25) is 4.79 Å². The van der Waals surface area contributed by atoms with Crippen LogP contribution in [0.4, 0.5) is 0 Å². The fourth-order valence-electron chi connectivity index (χ4n) is 1.53. The number of hydrogen-bond donors (Lipinski definition) is 2. The van der Waals surface area contributed by atoms with Crippen molar-refractivity contribution < 1.29 is 4.79 Å². The fraction of sp³-hybridized carbons (Fsp3) is 0.917. The van der Waals surface area contributed by atoms with E-state index in [0.717, 1.165) is 12.8 Å². The maximum Gasteiger partial charge on any atom is 0.220 e. The maximum atomic E-state index is 11.5. The summed E-state index contributed by atoms with van der Waals surface area (Å²) in [7, 11) is 0. The van der Waals surface area contributed by atoms with E-state index in [1.165, 1.54) is 6.42 Å². The summed E-state index contributed by atoms with van der Waals surface area (Å²) in [5.74, 6) is 0.803. The van der Waals surface area contributed by atoms with Gasteiger partial charge >= 0.3 is 0 Å². The van der Waals surface area contributed by atoms with Gasteiger partial charge in [-0.05, 0) is 32.6 Å². The topological polar surface area (TPSA) is 55.1 Å². The molecule has 0 aliphatic carbocycles. The van der Waals surface area contributed by atoms with Gasteiger partial charge < -0.3 is 11.1 Å². The van der Waals surface area contributed by atoms with Crippen molar-refractivity contribution in [1.82, 2.24) is 5.32 Å². The Bertz CT molecular complexity index is 186. The van der Waals surface area contributed by atoms with Gasteiger partial charge in [-0.25, -0.2) is 0 Å². The Morgan fingerprint density at radius 1 is 1.31 bits per heavy atom. The lowest BCUT2D eigenvalue weighted by molar-refractivity contribution is -0.121. The first kappa shape index (κ1) is 18.1. The predicted octanol–water partition coefficient (Wildman–Crippen LogP) is 2.48. The molecule has 3 nitrogen and oxygen atoms in total. The molecule has 0 bridgehead atoms. The van der Waals surface area contributed by atoms with Gasteiger partial charge in [-0.2, -0.15) is 0 Å². The first-order valence-electron chi connectivity index (χ1n) is 6.00. The molecule has 4 heteroatoms. The highest BCUT2D eigenvalue weighted by Crippen LogP contribution is 2.09. The number of carbonyl (C=O) groups is 1. The van der Waals surface area contributed by atoms with Gasteiger partial charge in [0.05, 0.1) is 0 Å². The second kappa shape index (κ2) is 9.91. The van der Waals surface area contributed by atoms with Crippen LogP contribution in [0.3, 0.4) is 0 Å². The van der Waals surface area contributed by atoms with Crippen LogP contribution in [-0.2, 0) is 4.79 Å². The summed E-state index contributed by atoms with van der Waals surface area (Å²) < 4.78 is 0. The molecule has 0 aliphatic heterocycles. The van der Waals surface area contributed by atoms with Crippen LogP contribution in [0.1, 0.15) is 53.4 Å². The van der Waals surface area contributed by atoms with Crippen LogP contribution in [0.5, 0.6) is 0 Å². The lowest BCUT2D eigenvalue weighted by Gasteiger charge is -2.17. The van der Waals surface area contributed by atoms with Crippen molar-refractivity contribution in [3.8, 4) is 0 Å². The van der Waals surface area contributed by atoms with Crippen molar-refractivity contribution in [2.45, 2.75) is 65.5 Å². The molecule has 0 spiro atoms. The van der Waals surface area contributed by atoms with Crippen molar-refractivity contribution in [2.75, 3.05) is 0 Å². The molecule has 0 rings (SSSR count). The Balaban J connectivity index is 0. The van der Waals surface area contributed by atoms with Crippen LogP contribution in [0.25, 0.3) is 0 Å². The molecule has 0 fully saturated rings. The third kappa shape index (κ3) is 10.2. The molecular weight excluding hydrogens is 224 g/mol. The fourth-order valence-corrected chi connectivity index (χ4v) is 1.53. The first-order chi connectivity index (χ1) is 6.95. The van der Waals surface area contributed by atoms with Gasteiger partial charge in [0.1, 0.15) is 0 Å². The molecule has 0 aliphatic rings. The summed E-state index contributed by atoms with van der Waals surface area (Å²) in [5, 5.41) is 3.01. The number of rotatable bonds is 7. The second-order valence-corrected chi connectivity index (χ2v) is 4.73. The van der Waals surface area contributed by atoms with E-state index in [-0.39, 0.29) is 30.4 Å². The molecule has 0 aromatic heterocycles. The Kier molecular flexibility index (Phi) is 11.2. The van der Waals surface area contributed by atoms with E-state index in [9.17, 15) is 4.79 Å². The zero-order valence-corrected chi connectivity index (χ0v) is 11.8. The SMILES string of the molecule is CCC(C)CC(C)NC(=O)CCC(C)N.Cl. The van der Waals surface area contributed by atoms with Crippen LogP contribution in [0, 0.1) is 5.92 Å². The molecule has 0 heterocycles. The lowest BCUT2D eigenvalue weighted by Crippen LogP contribution is -2.34. The third-order valence-corrected chi connectivity index (χ3v) is 2.69. The normalized spacial score (nSPS) is 15.8. The molecule has 0 saturated heterocycles. The van der Waals surface area contributed by atoms with Crippen LogP contribution in [0.2, 0.25) is 0 Å². The standard InChI is InChI=1S/C12H26N2O.ClH/c1-5-9(2)8-11(4)14-12(15)7-6-10(3)13;/h9-11H,5-8,13H2,1-4H3,(H,14,15);1H. The van der Waals surface area contributed by atoms with E-state index in [2.05, 4.69) is 26.1 Å². The second-order valence-electron chi connectivity index (χ2n) is 4.73. The highest BCUT2D eigenvalue weighted by atomic mass is 35.5. The van der Waals surface area contributed by atoms with E-state index < -0.39 is 0 Å². The van der Waals surface area contributed by atoms with Crippen LogP contribution in [-0.4, -0.2) is 18.0 Å². The van der Waals surface area contributed by atoms with Crippen LogP contribution >= 0.6 is 12.4 Å². The van der Waals surface area contributed by atoms with Gasteiger partial charge in [0, 0.05) is 18.5 Å². The largest absolute Gasteiger partial charge is 0.354 e. The summed E-state index contributed by atoms with van der Waals surface area (Å²) in [6, 6.07) is 0.390. The Hall–Kier alpha value is -0.280. The minimum Gasteiger partial charge on any atom is -0.354 e. The average molecular weight is 251 g/mol. The summed E-state index contributed by atoms with van der Waals surface area (Å²) in [5.41, 5.74) is 5.59. The molecule has 16 heavy (non-hydrogen) atoms. The zero-order chi connectivity index (χ0) is 11.8. The summed E-state index contributed by atoms with van der Waals surface area (Å²) in [6.07, 6.45) is 3.53. The van der Waals surface area contributed by atoms with Crippen LogP contribution in [0.15, 0.2) is 0 Å². The molecule has 0 aromatic carbocycles. The summed E-state index contributed by atoms with van der Waals surface area (Å²) >= 11 is 0. The highest BCUT2D eigenvalue weighted by Gasteiger charge is 2.10. The third-order valence-electron chi connectivity index (χ3n) is 2.69. The molecule has 0 aromatic rings. The number of nitrogens with two attached hydrogens (primary N) is 1. The van der Waals surface area contributed by atoms with Gasteiger partial charge in [-0.15, -0.1) is 12.4 Å². The Morgan fingerprint density at radius 2 is 1.88 bits per heavy atom. The van der Waals surface area contributed by atoms with E-state index >= 15 is 0 Å².